The van der Waals surface area contributed by atoms with Crippen LogP contribution in [0.5, 0.6) is 0 Å². The molecule has 0 saturated carbocycles. The van der Waals surface area contributed by atoms with Gasteiger partial charge in [0.05, 0.1) is 5.52 Å². The lowest BCUT2D eigenvalue weighted by atomic mass is 10.2. The quantitative estimate of drug-likeness (QED) is 0.854. The van der Waals surface area contributed by atoms with Crippen LogP contribution in [0.1, 0.15) is 13.3 Å². The van der Waals surface area contributed by atoms with Gasteiger partial charge in [0, 0.05) is 43.0 Å². The van der Waals surface area contributed by atoms with Crippen molar-refractivity contribution in [3.05, 3.63) is 29.5 Å². The number of carbonyl (C=O) groups is 1. The van der Waals surface area contributed by atoms with Gasteiger partial charge in [-0.05, 0) is 18.2 Å². The van der Waals surface area contributed by atoms with Crippen LogP contribution in [0.4, 0.5) is 5.82 Å². The Kier molecular flexibility index (Phi) is 3.92. The van der Waals surface area contributed by atoms with Gasteiger partial charge in [-0.1, -0.05) is 18.5 Å². The third-order valence-corrected chi connectivity index (χ3v) is 4.05. The molecule has 1 aliphatic heterocycles. The van der Waals surface area contributed by atoms with Crippen LogP contribution in [0.15, 0.2) is 24.5 Å². The zero-order chi connectivity index (χ0) is 14.8. The average Bonchev–Trinajstić information content (AvgIpc) is 2.53. The normalized spacial score (nSPS) is 15.5. The Morgan fingerprint density at radius 3 is 2.71 bits per heavy atom. The van der Waals surface area contributed by atoms with Gasteiger partial charge in [0.2, 0.25) is 5.91 Å². The van der Waals surface area contributed by atoms with Gasteiger partial charge in [-0.15, -0.1) is 0 Å². The molecule has 0 aliphatic carbocycles. The highest BCUT2D eigenvalue weighted by atomic mass is 35.5. The summed E-state index contributed by atoms with van der Waals surface area (Å²) >= 11 is 6.01. The number of halogens is 1. The monoisotopic (exact) mass is 304 g/mol. The minimum Gasteiger partial charge on any atom is -0.352 e. The lowest BCUT2D eigenvalue weighted by Crippen LogP contribution is -2.48. The number of rotatable bonds is 2. The Bertz CT molecular complexity index is 668. The first-order valence-corrected chi connectivity index (χ1v) is 7.50. The number of carbonyl (C=O) groups excluding carboxylic acids is 1. The van der Waals surface area contributed by atoms with E-state index in [-0.39, 0.29) is 5.91 Å². The smallest absolute Gasteiger partial charge is 0.222 e. The van der Waals surface area contributed by atoms with E-state index in [1.165, 1.54) is 0 Å². The molecule has 110 valence electrons. The molecule has 0 unspecified atom stereocenters. The van der Waals surface area contributed by atoms with Gasteiger partial charge in [0.25, 0.3) is 0 Å². The van der Waals surface area contributed by atoms with Crippen molar-refractivity contribution in [1.82, 2.24) is 14.9 Å². The van der Waals surface area contributed by atoms with Crippen molar-refractivity contribution in [2.75, 3.05) is 31.1 Å². The number of benzene rings is 1. The zero-order valence-corrected chi connectivity index (χ0v) is 12.7. The molecule has 0 atom stereocenters. The van der Waals surface area contributed by atoms with Crippen molar-refractivity contribution in [3.63, 3.8) is 0 Å². The van der Waals surface area contributed by atoms with E-state index in [2.05, 4.69) is 14.9 Å². The summed E-state index contributed by atoms with van der Waals surface area (Å²) < 4.78 is 0. The predicted molar refractivity (Wildman–Crippen MR) is 83.6 cm³/mol. The van der Waals surface area contributed by atoms with E-state index in [1.54, 1.807) is 6.33 Å². The second-order valence-electron chi connectivity index (χ2n) is 5.08. The Labute approximate surface area is 128 Å². The van der Waals surface area contributed by atoms with E-state index in [0.717, 1.165) is 42.9 Å². The summed E-state index contributed by atoms with van der Waals surface area (Å²) in [5, 5.41) is 1.67. The third kappa shape index (κ3) is 2.78. The van der Waals surface area contributed by atoms with E-state index in [1.807, 2.05) is 30.0 Å². The first-order valence-electron chi connectivity index (χ1n) is 7.12. The average molecular weight is 305 g/mol. The molecular formula is C15H17ClN4O. The molecule has 21 heavy (non-hydrogen) atoms. The number of amides is 1. The van der Waals surface area contributed by atoms with E-state index in [9.17, 15) is 4.79 Å². The molecule has 0 radical (unpaired) electrons. The van der Waals surface area contributed by atoms with Gasteiger partial charge in [-0.25, -0.2) is 9.97 Å². The lowest BCUT2D eigenvalue weighted by Gasteiger charge is -2.35. The molecule has 2 aromatic rings. The number of hydrogen-bond acceptors (Lipinski definition) is 4. The van der Waals surface area contributed by atoms with Crippen LogP contribution >= 0.6 is 11.6 Å². The molecule has 1 aromatic heterocycles. The fourth-order valence-electron chi connectivity index (χ4n) is 2.66. The molecule has 3 rings (SSSR count). The van der Waals surface area contributed by atoms with Gasteiger partial charge < -0.3 is 9.80 Å². The summed E-state index contributed by atoms with van der Waals surface area (Å²) in [6.45, 7) is 4.97. The van der Waals surface area contributed by atoms with Crippen LogP contribution in [0.3, 0.4) is 0 Å². The van der Waals surface area contributed by atoms with Crippen molar-refractivity contribution in [3.8, 4) is 0 Å². The SMILES string of the molecule is CCC(=O)N1CCN(c2ncnc3cc(Cl)ccc23)CC1. The molecule has 1 fully saturated rings. The van der Waals surface area contributed by atoms with E-state index < -0.39 is 0 Å². The number of aromatic nitrogens is 2. The molecule has 1 aromatic carbocycles. The van der Waals surface area contributed by atoms with Gasteiger partial charge >= 0.3 is 0 Å². The Balaban J connectivity index is 1.84. The minimum atomic E-state index is 0.217. The standard InChI is InChI=1S/C15H17ClN4O/c1-2-14(21)19-5-7-20(8-6-19)15-12-4-3-11(16)9-13(12)17-10-18-15/h3-4,9-10H,2,5-8H2,1H3. The van der Waals surface area contributed by atoms with Gasteiger partial charge in [-0.2, -0.15) is 0 Å². The maximum Gasteiger partial charge on any atom is 0.222 e. The van der Waals surface area contributed by atoms with Gasteiger partial charge in [0.1, 0.15) is 12.1 Å². The molecular weight excluding hydrogens is 288 g/mol. The maximum atomic E-state index is 11.7. The number of anilines is 1. The van der Waals surface area contributed by atoms with Crippen LogP contribution in [0.2, 0.25) is 5.02 Å². The summed E-state index contributed by atoms with van der Waals surface area (Å²) in [5.74, 6) is 1.13. The fraction of sp³-hybridized carbons (Fsp3) is 0.400. The Hall–Kier alpha value is -1.88. The molecule has 0 spiro atoms. The van der Waals surface area contributed by atoms with E-state index >= 15 is 0 Å². The van der Waals surface area contributed by atoms with Crippen molar-refractivity contribution < 1.29 is 4.79 Å². The minimum absolute atomic E-state index is 0.217. The van der Waals surface area contributed by atoms with Crippen molar-refractivity contribution in [1.29, 1.82) is 0 Å². The molecule has 1 saturated heterocycles. The van der Waals surface area contributed by atoms with Crippen LogP contribution in [0.25, 0.3) is 10.9 Å². The maximum absolute atomic E-state index is 11.7. The molecule has 0 N–H and O–H groups in total. The van der Waals surface area contributed by atoms with Crippen molar-refractivity contribution in [2.45, 2.75) is 13.3 Å². The molecule has 6 heteroatoms. The van der Waals surface area contributed by atoms with Crippen LogP contribution in [-0.2, 0) is 4.79 Å². The van der Waals surface area contributed by atoms with Crippen molar-refractivity contribution in [2.24, 2.45) is 0 Å². The number of nitrogens with zero attached hydrogens (tertiary/aromatic N) is 4. The van der Waals surface area contributed by atoms with Gasteiger partial charge in [0.15, 0.2) is 0 Å². The molecule has 2 heterocycles. The summed E-state index contributed by atoms with van der Waals surface area (Å²) in [6.07, 6.45) is 2.13. The molecule has 0 bridgehead atoms. The highest BCUT2D eigenvalue weighted by molar-refractivity contribution is 6.31. The third-order valence-electron chi connectivity index (χ3n) is 3.81. The van der Waals surface area contributed by atoms with E-state index in [4.69, 9.17) is 11.6 Å². The fourth-order valence-corrected chi connectivity index (χ4v) is 2.83. The molecule has 1 aliphatic rings. The summed E-state index contributed by atoms with van der Waals surface area (Å²) in [6, 6.07) is 5.66. The lowest BCUT2D eigenvalue weighted by molar-refractivity contribution is -0.131. The summed E-state index contributed by atoms with van der Waals surface area (Å²) in [4.78, 5) is 24.5. The zero-order valence-electron chi connectivity index (χ0n) is 11.9. The first kappa shape index (κ1) is 14.1. The Morgan fingerprint density at radius 1 is 1.24 bits per heavy atom. The molecule has 5 nitrogen and oxygen atoms in total. The van der Waals surface area contributed by atoms with Crippen LogP contribution in [0, 0.1) is 0 Å². The highest BCUT2D eigenvalue weighted by Crippen LogP contribution is 2.26. The number of fused-ring (bicyclic) bond motifs is 1. The largest absolute Gasteiger partial charge is 0.352 e. The second kappa shape index (κ2) is 5.85. The van der Waals surface area contributed by atoms with Gasteiger partial charge in [-0.3, -0.25) is 4.79 Å². The van der Waals surface area contributed by atoms with Crippen molar-refractivity contribution >= 4 is 34.2 Å². The van der Waals surface area contributed by atoms with Crippen LogP contribution < -0.4 is 4.90 Å². The first-order chi connectivity index (χ1) is 10.2. The molecule has 1 amide bonds. The predicted octanol–water partition coefficient (Wildman–Crippen LogP) is 2.34. The topological polar surface area (TPSA) is 49.3 Å². The highest BCUT2D eigenvalue weighted by Gasteiger charge is 2.22. The Morgan fingerprint density at radius 2 is 2.00 bits per heavy atom. The summed E-state index contributed by atoms with van der Waals surface area (Å²) in [7, 11) is 0. The number of hydrogen-bond donors (Lipinski definition) is 0. The number of piperazine rings is 1. The van der Waals surface area contributed by atoms with E-state index in [0.29, 0.717) is 11.4 Å². The van der Waals surface area contributed by atoms with Crippen LogP contribution in [-0.4, -0.2) is 47.0 Å². The summed E-state index contributed by atoms with van der Waals surface area (Å²) in [5.41, 5.74) is 0.847. The second-order valence-corrected chi connectivity index (χ2v) is 5.52.